The summed E-state index contributed by atoms with van der Waals surface area (Å²) in [7, 11) is -3.21. The summed E-state index contributed by atoms with van der Waals surface area (Å²) in [4.78, 5) is 19.1. The molecule has 2 N–H and O–H groups in total. The number of pyridine rings is 1. The number of carbonyl (C=O) groups is 1. The molecular formula is C26H30N2O5S. The molecule has 1 aromatic carbocycles. The maximum atomic E-state index is 12.6. The Balaban J connectivity index is 1.45. The predicted molar refractivity (Wildman–Crippen MR) is 129 cm³/mol. The van der Waals surface area contributed by atoms with Gasteiger partial charge in [0.2, 0.25) is 5.88 Å². The number of aromatic amines is 1. The van der Waals surface area contributed by atoms with Crippen molar-refractivity contribution in [3.63, 3.8) is 0 Å². The molecule has 2 fully saturated rings. The number of carboxylic acid groups (broad SMARTS) is 1. The predicted octanol–water partition coefficient (Wildman–Crippen LogP) is 5.06. The van der Waals surface area contributed by atoms with Crippen LogP contribution in [0, 0.1) is 5.92 Å². The van der Waals surface area contributed by atoms with E-state index in [4.69, 9.17) is 9.84 Å². The molecule has 2 saturated carbocycles. The number of ether oxygens (including phenoxy) is 1. The number of benzene rings is 1. The Hall–Kier alpha value is -2.87. The molecule has 34 heavy (non-hydrogen) atoms. The topological polar surface area (TPSA) is 109 Å². The minimum absolute atomic E-state index is 0.0957. The van der Waals surface area contributed by atoms with E-state index in [0.717, 1.165) is 35.9 Å². The standard InChI is InChI=1S/C26H30N2O5S/c29-25(30)16-33-24-13-8-19-15-23(27-26(19)28-24)22(14-17-4-2-1-3-5-17)18-6-9-20(10-7-18)34(31,32)21-11-12-21/h6-10,13,15,17,21-22H,1-5,11-12,14,16H2,(H,27,28)(H,29,30). The van der Waals surface area contributed by atoms with Crippen molar-refractivity contribution in [2.75, 3.05) is 6.61 Å². The molecule has 0 saturated heterocycles. The molecule has 1 unspecified atom stereocenters. The van der Waals surface area contributed by atoms with Gasteiger partial charge in [0.15, 0.2) is 16.4 Å². The van der Waals surface area contributed by atoms with Gasteiger partial charge in [-0.3, -0.25) is 0 Å². The van der Waals surface area contributed by atoms with Gasteiger partial charge in [-0.2, -0.15) is 4.98 Å². The van der Waals surface area contributed by atoms with Gasteiger partial charge in [0.25, 0.3) is 0 Å². The molecule has 2 heterocycles. The summed E-state index contributed by atoms with van der Waals surface area (Å²) in [5, 5.41) is 9.57. The molecule has 2 aliphatic carbocycles. The SMILES string of the molecule is O=C(O)COc1ccc2cc(C(CC3CCCCC3)c3ccc(S(=O)(=O)C4CC4)cc3)[nH]c2n1. The molecule has 180 valence electrons. The Morgan fingerprint density at radius 3 is 2.47 bits per heavy atom. The molecule has 1 atom stereocenters. The summed E-state index contributed by atoms with van der Waals surface area (Å²) in [6, 6.07) is 13.1. The number of hydrogen-bond acceptors (Lipinski definition) is 5. The second kappa shape index (κ2) is 9.41. The van der Waals surface area contributed by atoms with Gasteiger partial charge < -0.3 is 14.8 Å². The number of fused-ring (bicyclic) bond motifs is 1. The van der Waals surface area contributed by atoms with Crippen molar-refractivity contribution in [2.45, 2.75) is 67.4 Å². The Kier molecular flexibility index (Phi) is 6.34. The zero-order valence-electron chi connectivity index (χ0n) is 19.1. The molecule has 0 bridgehead atoms. The van der Waals surface area contributed by atoms with Gasteiger partial charge in [-0.05, 0) is 55.0 Å². The number of aromatic nitrogens is 2. The van der Waals surface area contributed by atoms with E-state index in [0.29, 0.717) is 16.5 Å². The normalized spacial score (nSPS) is 18.1. The van der Waals surface area contributed by atoms with Crippen molar-refractivity contribution in [2.24, 2.45) is 5.92 Å². The first-order valence-corrected chi connectivity index (χ1v) is 13.6. The van der Waals surface area contributed by atoms with Crippen molar-refractivity contribution < 1.29 is 23.1 Å². The second-order valence-corrected chi connectivity index (χ2v) is 11.8. The molecular weight excluding hydrogens is 452 g/mol. The third kappa shape index (κ3) is 4.97. The lowest BCUT2D eigenvalue weighted by molar-refractivity contribution is -0.139. The molecule has 3 aromatic rings. The summed E-state index contributed by atoms with van der Waals surface area (Å²) >= 11 is 0. The average Bonchev–Trinajstić information content (AvgIpc) is 3.62. The molecule has 7 nitrogen and oxygen atoms in total. The van der Waals surface area contributed by atoms with E-state index >= 15 is 0 Å². The Morgan fingerprint density at radius 1 is 1.06 bits per heavy atom. The van der Waals surface area contributed by atoms with Crippen LogP contribution in [-0.2, 0) is 14.6 Å². The van der Waals surface area contributed by atoms with E-state index in [1.165, 1.54) is 32.1 Å². The zero-order valence-corrected chi connectivity index (χ0v) is 19.9. The smallest absolute Gasteiger partial charge is 0.341 e. The fraction of sp³-hybridized carbons (Fsp3) is 0.462. The zero-order chi connectivity index (χ0) is 23.7. The molecule has 8 heteroatoms. The number of nitrogens with zero attached hydrogens (tertiary/aromatic N) is 1. The summed E-state index contributed by atoms with van der Waals surface area (Å²) in [5.41, 5.74) is 2.77. The van der Waals surface area contributed by atoms with Crippen LogP contribution in [0.1, 0.15) is 68.5 Å². The molecule has 0 amide bonds. The largest absolute Gasteiger partial charge is 0.479 e. The van der Waals surface area contributed by atoms with E-state index in [-0.39, 0.29) is 17.0 Å². The van der Waals surface area contributed by atoms with Gasteiger partial charge in [-0.1, -0.05) is 44.2 Å². The van der Waals surface area contributed by atoms with Crippen LogP contribution in [0.5, 0.6) is 5.88 Å². The van der Waals surface area contributed by atoms with Gasteiger partial charge in [-0.15, -0.1) is 0 Å². The van der Waals surface area contributed by atoms with Crippen molar-refractivity contribution in [1.29, 1.82) is 0 Å². The minimum atomic E-state index is -3.21. The first-order chi connectivity index (χ1) is 16.4. The first kappa shape index (κ1) is 22.9. The number of hydrogen-bond donors (Lipinski definition) is 2. The van der Waals surface area contributed by atoms with Crippen LogP contribution in [0.4, 0.5) is 0 Å². The van der Waals surface area contributed by atoms with Crippen LogP contribution < -0.4 is 4.74 Å². The van der Waals surface area contributed by atoms with Gasteiger partial charge in [0, 0.05) is 23.1 Å². The van der Waals surface area contributed by atoms with E-state index in [9.17, 15) is 13.2 Å². The van der Waals surface area contributed by atoms with E-state index in [2.05, 4.69) is 16.0 Å². The van der Waals surface area contributed by atoms with Gasteiger partial charge >= 0.3 is 5.97 Å². The Bertz CT molecular complexity index is 1270. The monoisotopic (exact) mass is 482 g/mol. The van der Waals surface area contributed by atoms with Crippen LogP contribution in [0.25, 0.3) is 11.0 Å². The molecule has 5 rings (SSSR count). The van der Waals surface area contributed by atoms with Gasteiger partial charge in [0.05, 0.1) is 10.1 Å². The maximum absolute atomic E-state index is 12.6. The first-order valence-electron chi connectivity index (χ1n) is 12.1. The molecule has 0 radical (unpaired) electrons. The summed E-state index contributed by atoms with van der Waals surface area (Å²) < 4.78 is 30.5. The number of carboxylic acids is 1. The Labute approximate surface area is 199 Å². The summed E-state index contributed by atoms with van der Waals surface area (Å²) in [5.74, 6) is -0.0589. The molecule has 0 spiro atoms. The fourth-order valence-corrected chi connectivity index (χ4v) is 6.73. The van der Waals surface area contributed by atoms with Crippen LogP contribution in [0.15, 0.2) is 47.4 Å². The van der Waals surface area contributed by atoms with Crippen molar-refractivity contribution >= 4 is 26.8 Å². The van der Waals surface area contributed by atoms with Gasteiger partial charge in [0.1, 0.15) is 5.65 Å². The third-order valence-electron chi connectivity index (χ3n) is 7.06. The highest BCUT2D eigenvalue weighted by molar-refractivity contribution is 7.92. The lowest BCUT2D eigenvalue weighted by Crippen LogP contribution is -2.13. The number of sulfone groups is 1. The van der Waals surface area contributed by atoms with Crippen LogP contribution >= 0.6 is 0 Å². The van der Waals surface area contributed by atoms with Crippen LogP contribution in [-0.4, -0.2) is 41.3 Å². The second-order valence-electron chi connectivity index (χ2n) is 9.60. The molecule has 2 aliphatic rings. The van der Waals surface area contributed by atoms with E-state index in [1.807, 2.05) is 18.2 Å². The number of H-pyrrole nitrogens is 1. The number of rotatable bonds is 9. The summed E-state index contributed by atoms with van der Waals surface area (Å²) in [6.07, 6.45) is 8.76. The highest BCUT2D eigenvalue weighted by atomic mass is 32.2. The fourth-order valence-electron chi connectivity index (χ4n) is 5.07. The van der Waals surface area contributed by atoms with E-state index < -0.39 is 22.4 Å². The van der Waals surface area contributed by atoms with Crippen molar-refractivity contribution in [1.82, 2.24) is 9.97 Å². The lowest BCUT2D eigenvalue weighted by atomic mass is 9.79. The maximum Gasteiger partial charge on any atom is 0.341 e. The average molecular weight is 483 g/mol. The van der Waals surface area contributed by atoms with Gasteiger partial charge in [-0.25, -0.2) is 13.2 Å². The number of aliphatic carboxylic acids is 1. The third-order valence-corrected chi connectivity index (χ3v) is 9.34. The lowest BCUT2D eigenvalue weighted by Gasteiger charge is -2.26. The minimum Gasteiger partial charge on any atom is -0.479 e. The Morgan fingerprint density at radius 2 is 1.79 bits per heavy atom. The highest BCUT2D eigenvalue weighted by Crippen LogP contribution is 2.39. The van der Waals surface area contributed by atoms with Crippen molar-refractivity contribution in [3.05, 3.63) is 53.7 Å². The van der Waals surface area contributed by atoms with Crippen LogP contribution in [0.2, 0.25) is 0 Å². The van der Waals surface area contributed by atoms with Crippen LogP contribution in [0.3, 0.4) is 0 Å². The van der Waals surface area contributed by atoms with E-state index in [1.54, 1.807) is 18.2 Å². The summed E-state index contributed by atoms with van der Waals surface area (Å²) in [6.45, 7) is -0.438. The van der Waals surface area contributed by atoms with Crippen molar-refractivity contribution in [3.8, 4) is 5.88 Å². The molecule has 0 aliphatic heterocycles. The molecule has 2 aromatic heterocycles. The highest BCUT2D eigenvalue weighted by Gasteiger charge is 2.37. The quantitative estimate of drug-likeness (QED) is 0.441. The number of nitrogens with one attached hydrogen (secondary N) is 1.